The molecule has 0 saturated carbocycles. The minimum absolute atomic E-state index is 0.123. The largest absolute Gasteiger partial charge is 0.467 e. The van der Waals surface area contributed by atoms with Crippen molar-refractivity contribution in [1.29, 1.82) is 0 Å². The Hall–Kier alpha value is -2.65. The summed E-state index contributed by atoms with van der Waals surface area (Å²) in [6.07, 6.45) is 5.20. The Morgan fingerprint density at radius 3 is 2.67 bits per heavy atom. The SMILES string of the molecule is O=C(CSc1nnc(CN2CCCCC2)n1-c1ccc(F)cc1)NCc1ccco1. The molecule has 2 aromatic heterocycles. The number of benzene rings is 1. The number of amides is 1. The first-order chi connectivity index (χ1) is 14.7. The lowest BCUT2D eigenvalue weighted by atomic mass is 10.1. The van der Waals surface area contributed by atoms with E-state index >= 15 is 0 Å². The van der Waals surface area contributed by atoms with E-state index in [-0.39, 0.29) is 17.5 Å². The van der Waals surface area contributed by atoms with Crippen molar-refractivity contribution in [2.24, 2.45) is 0 Å². The third kappa shape index (κ3) is 5.28. The molecule has 0 atom stereocenters. The molecule has 1 amide bonds. The van der Waals surface area contributed by atoms with Crippen LogP contribution in [-0.4, -0.2) is 44.4 Å². The van der Waals surface area contributed by atoms with Gasteiger partial charge < -0.3 is 9.73 Å². The fraction of sp³-hybridized carbons (Fsp3) is 0.381. The van der Waals surface area contributed by atoms with Gasteiger partial charge in [0.25, 0.3) is 0 Å². The molecule has 3 aromatic rings. The molecule has 1 aliphatic rings. The summed E-state index contributed by atoms with van der Waals surface area (Å²) >= 11 is 1.31. The van der Waals surface area contributed by atoms with E-state index in [4.69, 9.17) is 4.42 Å². The molecule has 1 N–H and O–H groups in total. The maximum atomic E-state index is 13.4. The molecular formula is C21H24FN5O2S. The maximum absolute atomic E-state index is 13.4. The molecule has 1 aliphatic heterocycles. The molecule has 0 radical (unpaired) electrons. The van der Waals surface area contributed by atoms with Gasteiger partial charge in [0, 0.05) is 5.69 Å². The van der Waals surface area contributed by atoms with Gasteiger partial charge >= 0.3 is 0 Å². The lowest BCUT2D eigenvalue weighted by molar-refractivity contribution is -0.118. The van der Waals surface area contributed by atoms with E-state index in [0.29, 0.717) is 24.0 Å². The van der Waals surface area contributed by atoms with Crippen molar-refractivity contribution < 1.29 is 13.6 Å². The van der Waals surface area contributed by atoms with E-state index in [1.54, 1.807) is 24.5 Å². The number of furan rings is 1. The van der Waals surface area contributed by atoms with Crippen molar-refractivity contribution in [3.63, 3.8) is 0 Å². The van der Waals surface area contributed by atoms with Crippen LogP contribution in [0.4, 0.5) is 4.39 Å². The highest BCUT2D eigenvalue weighted by Gasteiger charge is 2.19. The number of rotatable bonds is 8. The number of thioether (sulfide) groups is 1. The van der Waals surface area contributed by atoms with Crippen LogP contribution in [0.2, 0.25) is 0 Å². The van der Waals surface area contributed by atoms with E-state index in [0.717, 1.165) is 24.6 Å². The predicted octanol–water partition coefficient (Wildman–Crippen LogP) is 3.39. The number of aromatic nitrogens is 3. The van der Waals surface area contributed by atoms with Crippen molar-refractivity contribution >= 4 is 17.7 Å². The number of piperidine rings is 1. The Bertz CT molecular complexity index is 952. The van der Waals surface area contributed by atoms with Gasteiger partial charge in [-0.3, -0.25) is 14.3 Å². The van der Waals surface area contributed by atoms with Crippen molar-refractivity contribution in [3.8, 4) is 5.69 Å². The second kappa shape index (κ2) is 9.90. The Balaban J connectivity index is 1.47. The normalized spacial score (nSPS) is 14.7. The third-order valence-corrected chi connectivity index (χ3v) is 5.90. The summed E-state index contributed by atoms with van der Waals surface area (Å²) in [5, 5.41) is 12.1. The van der Waals surface area contributed by atoms with E-state index in [1.807, 2.05) is 10.6 Å². The van der Waals surface area contributed by atoms with Crippen LogP contribution in [0, 0.1) is 5.82 Å². The van der Waals surface area contributed by atoms with Crippen molar-refractivity contribution in [1.82, 2.24) is 25.0 Å². The first-order valence-corrected chi connectivity index (χ1v) is 11.0. The second-order valence-corrected chi connectivity index (χ2v) is 8.13. The number of nitrogens with zero attached hydrogens (tertiary/aromatic N) is 4. The fourth-order valence-corrected chi connectivity index (χ4v) is 4.24. The molecule has 7 nitrogen and oxygen atoms in total. The summed E-state index contributed by atoms with van der Waals surface area (Å²) in [4.78, 5) is 14.6. The van der Waals surface area contributed by atoms with E-state index < -0.39 is 0 Å². The van der Waals surface area contributed by atoms with Crippen molar-refractivity contribution in [3.05, 3.63) is 60.1 Å². The van der Waals surface area contributed by atoms with Gasteiger partial charge in [0.1, 0.15) is 11.6 Å². The average molecular weight is 430 g/mol. The molecule has 0 unspecified atom stereocenters. The number of carbonyl (C=O) groups is 1. The summed E-state index contributed by atoms with van der Waals surface area (Å²) in [5.41, 5.74) is 0.784. The number of hydrogen-bond acceptors (Lipinski definition) is 6. The van der Waals surface area contributed by atoms with Crippen LogP contribution < -0.4 is 5.32 Å². The maximum Gasteiger partial charge on any atom is 0.230 e. The zero-order valence-corrected chi connectivity index (χ0v) is 17.4. The van der Waals surface area contributed by atoms with Gasteiger partial charge in [-0.2, -0.15) is 0 Å². The molecule has 1 aromatic carbocycles. The highest BCUT2D eigenvalue weighted by molar-refractivity contribution is 7.99. The minimum Gasteiger partial charge on any atom is -0.467 e. The van der Waals surface area contributed by atoms with Gasteiger partial charge in [0.05, 0.1) is 25.1 Å². The molecule has 0 aliphatic carbocycles. The van der Waals surface area contributed by atoms with Crippen molar-refractivity contribution in [2.45, 2.75) is 37.5 Å². The number of halogens is 1. The lowest BCUT2D eigenvalue weighted by Crippen LogP contribution is -2.30. The average Bonchev–Trinajstić information content (AvgIpc) is 3.42. The van der Waals surface area contributed by atoms with E-state index in [9.17, 15) is 9.18 Å². The Kier molecular flexibility index (Phi) is 6.81. The van der Waals surface area contributed by atoms with E-state index in [2.05, 4.69) is 20.4 Å². The first kappa shape index (κ1) is 20.6. The van der Waals surface area contributed by atoms with Crippen LogP contribution in [0.3, 0.4) is 0 Å². The van der Waals surface area contributed by atoms with Crippen LogP contribution in [0.5, 0.6) is 0 Å². The van der Waals surface area contributed by atoms with Crippen LogP contribution in [0.1, 0.15) is 30.8 Å². The Morgan fingerprint density at radius 2 is 1.93 bits per heavy atom. The molecule has 1 saturated heterocycles. The molecule has 158 valence electrons. The van der Waals surface area contributed by atoms with Crippen LogP contribution in [0.15, 0.2) is 52.2 Å². The van der Waals surface area contributed by atoms with Gasteiger partial charge in [0.2, 0.25) is 5.91 Å². The predicted molar refractivity (Wildman–Crippen MR) is 112 cm³/mol. The first-order valence-electron chi connectivity index (χ1n) is 10.0. The Labute approximate surface area is 178 Å². The summed E-state index contributed by atoms with van der Waals surface area (Å²) < 4.78 is 20.6. The summed E-state index contributed by atoms with van der Waals surface area (Å²) in [5.74, 6) is 1.27. The smallest absolute Gasteiger partial charge is 0.230 e. The molecular weight excluding hydrogens is 405 g/mol. The monoisotopic (exact) mass is 429 g/mol. The zero-order chi connectivity index (χ0) is 20.8. The quantitative estimate of drug-likeness (QED) is 0.553. The highest BCUT2D eigenvalue weighted by Crippen LogP contribution is 2.24. The molecule has 4 rings (SSSR count). The zero-order valence-electron chi connectivity index (χ0n) is 16.6. The van der Waals surface area contributed by atoms with Gasteiger partial charge in [-0.1, -0.05) is 18.2 Å². The van der Waals surface area contributed by atoms with Crippen molar-refractivity contribution in [2.75, 3.05) is 18.8 Å². The molecule has 9 heteroatoms. The van der Waals surface area contributed by atoms with Gasteiger partial charge in [-0.05, 0) is 62.3 Å². The second-order valence-electron chi connectivity index (χ2n) is 7.19. The molecule has 0 spiro atoms. The standard InChI is InChI=1S/C21H24FN5O2S/c22-16-6-8-17(9-7-16)27-19(14-26-10-2-1-3-11-26)24-25-21(27)30-15-20(28)23-13-18-5-4-12-29-18/h4-9,12H,1-3,10-11,13-15H2,(H,23,28). The molecule has 0 bridgehead atoms. The van der Waals surface area contributed by atoms with Crippen LogP contribution in [0.25, 0.3) is 5.69 Å². The summed E-state index contributed by atoms with van der Waals surface area (Å²) in [6.45, 7) is 3.09. The van der Waals surface area contributed by atoms with Gasteiger partial charge in [-0.25, -0.2) is 4.39 Å². The molecule has 30 heavy (non-hydrogen) atoms. The molecule has 3 heterocycles. The topological polar surface area (TPSA) is 76.2 Å². The number of carbonyl (C=O) groups excluding carboxylic acids is 1. The minimum atomic E-state index is -0.295. The summed E-state index contributed by atoms with van der Waals surface area (Å²) in [6, 6.07) is 9.85. The third-order valence-electron chi connectivity index (χ3n) is 4.97. The van der Waals surface area contributed by atoms with Crippen LogP contribution >= 0.6 is 11.8 Å². The lowest BCUT2D eigenvalue weighted by Gasteiger charge is -2.26. The number of hydrogen-bond donors (Lipinski definition) is 1. The fourth-order valence-electron chi connectivity index (χ4n) is 3.44. The molecule has 1 fully saturated rings. The van der Waals surface area contributed by atoms with Gasteiger partial charge in [-0.15, -0.1) is 10.2 Å². The van der Waals surface area contributed by atoms with E-state index in [1.165, 1.54) is 43.2 Å². The van der Waals surface area contributed by atoms with Crippen LogP contribution in [-0.2, 0) is 17.9 Å². The number of nitrogens with one attached hydrogen (secondary N) is 1. The Morgan fingerprint density at radius 1 is 1.13 bits per heavy atom. The van der Waals surface area contributed by atoms with Gasteiger partial charge in [0.15, 0.2) is 11.0 Å². The number of likely N-dealkylation sites (tertiary alicyclic amines) is 1. The summed E-state index contributed by atoms with van der Waals surface area (Å²) in [7, 11) is 0. The highest BCUT2D eigenvalue weighted by atomic mass is 32.2.